The largest absolute Gasteiger partial charge is 0.349 e. The molecule has 0 unspecified atom stereocenters. The molecule has 0 aliphatic rings. The molecule has 1 aromatic rings. The van der Waals surface area contributed by atoms with Crippen molar-refractivity contribution in [2.24, 2.45) is 5.73 Å². The lowest BCUT2D eigenvalue weighted by Gasteiger charge is -2.09. The van der Waals surface area contributed by atoms with Crippen molar-refractivity contribution in [3.63, 3.8) is 0 Å². The molecule has 18 heavy (non-hydrogen) atoms. The van der Waals surface area contributed by atoms with Crippen molar-refractivity contribution in [1.29, 1.82) is 0 Å². The molecule has 0 aromatic carbocycles. The minimum atomic E-state index is 0.162. The van der Waals surface area contributed by atoms with Crippen molar-refractivity contribution in [1.82, 2.24) is 19.7 Å². The number of aryl methyl sites for hydroxylation is 1. The normalized spacial score (nSPS) is 10.7. The molecule has 0 spiro atoms. The van der Waals surface area contributed by atoms with Crippen molar-refractivity contribution in [2.45, 2.75) is 31.5 Å². The molecule has 1 amide bonds. The summed E-state index contributed by atoms with van der Waals surface area (Å²) in [7, 11) is 3.55. The van der Waals surface area contributed by atoms with Gasteiger partial charge in [0.05, 0.1) is 0 Å². The second-order valence-corrected chi connectivity index (χ2v) is 5.27. The standard InChI is InChI=1S/C11H21N5OS/c1-9-13-14-11(16(9)7-6-12)18-8-4-5-10(17)15(2)3/h4-8,12H2,1-3H3. The minimum absolute atomic E-state index is 0.162. The molecule has 0 bridgehead atoms. The maximum Gasteiger partial charge on any atom is 0.222 e. The van der Waals surface area contributed by atoms with Crippen LogP contribution in [0, 0.1) is 6.92 Å². The zero-order valence-corrected chi connectivity index (χ0v) is 12.0. The van der Waals surface area contributed by atoms with Crippen molar-refractivity contribution in [2.75, 3.05) is 26.4 Å². The molecule has 0 saturated carbocycles. The van der Waals surface area contributed by atoms with Crippen LogP contribution in [0.25, 0.3) is 0 Å². The Bertz CT molecular complexity index is 391. The average Bonchev–Trinajstić information content (AvgIpc) is 2.67. The van der Waals surface area contributed by atoms with Crippen LogP contribution in [0.5, 0.6) is 0 Å². The molecule has 0 fully saturated rings. The number of nitrogens with two attached hydrogens (primary N) is 1. The third-order valence-electron chi connectivity index (χ3n) is 2.52. The van der Waals surface area contributed by atoms with E-state index in [4.69, 9.17) is 5.73 Å². The highest BCUT2D eigenvalue weighted by molar-refractivity contribution is 7.99. The Morgan fingerprint density at radius 3 is 2.78 bits per heavy atom. The third kappa shape index (κ3) is 4.30. The van der Waals surface area contributed by atoms with Crippen molar-refractivity contribution in [3.8, 4) is 0 Å². The summed E-state index contributed by atoms with van der Waals surface area (Å²) in [6.07, 6.45) is 1.42. The number of carbonyl (C=O) groups is 1. The second-order valence-electron chi connectivity index (χ2n) is 4.21. The molecule has 0 aliphatic carbocycles. The Kier molecular flexibility index (Phi) is 6.14. The number of amides is 1. The van der Waals surface area contributed by atoms with Gasteiger partial charge in [0.2, 0.25) is 5.91 Å². The van der Waals surface area contributed by atoms with E-state index in [0.717, 1.165) is 29.7 Å². The van der Waals surface area contributed by atoms with E-state index in [1.54, 1.807) is 30.8 Å². The van der Waals surface area contributed by atoms with Gasteiger partial charge >= 0.3 is 0 Å². The second kappa shape index (κ2) is 7.38. The van der Waals surface area contributed by atoms with E-state index in [2.05, 4.69) is 10.2 Å². The lowest BCUT2D eigenvalue weighted by molar-refractivity contribution is -0.128. The molecule has 2 N–H and O–H groups in total. The SMILES string of the molecule is Cc1nnc(SCCCC(=O)N(C)C)n1CCN. The highest BCUT2D eigenvalue weighted by Gasteiger charge is 2.09. The van der Waals surface area contributed by atoms with E-state index in [1.165, 1.54) is 0 Å². The van der Waals surface area contributed by atoms with Gasteiger partial charge in [0.15, 0.2) is 5.16 Å². The van der Waals surface area contributed by atoms with Gasteiger partial charge in [0.1, 0.15) is 5.82 Å². The lowest BCUT2D eigenvalue weighted by Crippen LogP contribution is -2.21. The van der Waals surface area contributed by atoms with Gasteiger partial charge in [-0.25, -0.2) is 0 Å². The molecule has 1 heterocycles. The van der Waals surface area contributed by atoms with Crippen LogP contribution in [0.15, 0.2) is 5.16 Å². The van der Waals surface area contributed by atoms with E-state index in [0.29, 0.717) is 13.0 Å². The van der Waals surface area contributed by atoms with Crippen LogP contribution in [0.1, 0.15) is 18.7 Å². The quantitative estimate of drug-likeness (QED) is 0.577. The zero-order chi connectivity index (χ0) is 13.5. The maximum absolute atomic E-state index is 11.4. The van der Waals surface area contributed by atoms with Crippen LogP contribution < -0.4 is 5.73 Å². The Labute approximate surface area is 112 Å². The number of nitrogens with zero attached hydrogens (tertiary/aromatic N) is 4. The first-order valence-electron chi connectivity index (χ1n) is 5.99. The first-order chi connectivity index (χ1) is 8.56. The van der Waals surface area contributed by atoms with Crippen LogP contribution in [0.3, 0.4) is 0 Å². The molecule has 0 radical (unpaired) electrons. The minimum Gasteiger partial charge on any atom is -0.349 e. The number of thioether (sulfide) groups is 1. The van der Waals surface area contributed by atoms with Crippen molar-refractivity contribution >= 4 is 17.7 Å². The molecular formula is C11H21N5OS. The van der Waals surface area contributed by atoms with Crippen LogP contribution in [-0.2, 0) is 11.3 Å². The first kappa shape index (κ1) is 15.0. The molecule has 0 atom stereocenters. The Hall–Kier alpha value is -1.08. The maximum atomic E-state index is 11.4. The number of hydrogen-bond donors (Lipinski definition) is 1. The predicted octanol–water partition coefficient (Wildman–Crippen LogP) is 0.506. The third-order valence-corrected chi connectivity index (χ3v) is 3.57. The Morgan fingerprint density at radius 2 is 2.17 bits per heavy atom. The smallest absolute Gasteiger partial charge is 0.222 e. The van der Waals surface area contributed by atoms with Gasteiger partial charge in [0, 0.05) is 39.4 Å². The highest BCUT2D eigenvalue weighted by Crippen LogP contribution is 2.18. The Balaban J connectivity index is 2.37. The average molecular weight is 271 g/mol. The van der Waals surface area contributed by atoms with E-state index >= 15 is 0 Å². The van der Waals surface area contributed by atoms with Gasteiger partial charge in [-0.2, -0.15) is 0 Å². The topological polar surface area (TPSA) is 77.0 Å². The van der Waals surface area contributed by atoms with E-state index in [9.17, 15) is 4.79 Å². The fourth-order valence-corrected chi connectivity index (χ4v) is 2.41. The van der Waals surface area contributed by atoms with Crippen LogP contribution in [-0.4, -0.2) is 52.0 Å². The summed E-state index contributed by atoms with van der Waals surface area (Å²) in [5.41, 5.74) is 5.55. The molecule has 0 saturated heterocycles. The summed E-state index contributed by atoms with van der Waals surface area (Å²) in [4.78, 5) is 13.0. The summed E-state index contributed by atoms with van der Waals surface area (Å²) in [5.74, 6) is 1.91. The van der Waals surface area contributed by atoms with Gasteiger partial charge in [-0.15, -0.1) is 10.2 Å². The summed E-state index contributed by atoms with van der Waals surface area (Å²) in [6.45, 7) is 3.23. The first-order valence-corrected chi connectivity index (χ1v) is 6.97. The summed E-state index contributed by atoms with van der Waals surface area (Å²) < 4.78 is 2.01. The van der Waals surface area contributed by atoms with Crippen molar-refractivity contribution in [3.05, 3.63) is 5.82 Å². The Morgan fingerprint density at radius 1 is 1.44 bits per heavy atom. The fraction of sp³-hybridized carbons (Fsp3) is 0.727. The monoisotopic (exact) mass is 271 g/mol. The number of rotatable bonds is 7. The van der Waals surface area contributed by atoms with E-state index < -0.39 is 0 Å². The van der Waals surface area contributed by atoms with Gasteiger partial charge in [-0.1, -0.05) is 11.8 Å². The summed E-state index contributed by atoms with van der Waals surface area (Å²) >= 11 is 1.62. The number of aromatic nitrogens is 3. The fourth-order valence-electron chi connectivity index (χ4n) is 1.47. The molecular weight excluding hydrogens is 250 g/mol. The number of hydrogen-bond acceptors (Lipinski definition) is 5. The van der Waals surface area contributed by atoms with Crippen LogP contribution in [0.4, 0.5) is 0 Å². The highest BCUT2D eigenvalue weighted by atomic mass is 32.2. The molecule has 0 aliphatic heterocycles. The van der Waals surface area contributed by atoms with Crippen molar-refractivity contribution < 1.29 is 4.79 Å². The summed E-state index contributed by atoms with van der Waals surface area (Å²) in [5, 5.41) is 9.03. The molecule has 102 valence electrons. The molecule has 6 nitrogen and oxygen atoms in total. The summed E-state index contributed by atoms with van der Waals surface area (Å²) in [6, 6.07) is 0. The number of carbonyl (C=O) groups excluding carboxylic acids is 1. The molecule has 1 aromatic heterocycles. The lowest BCUT2D eigenvalue weighted by atomic mass is 10.3. The van der Waals surface area contributed by atoms with Crippen LogP contribution in [0.2, 0.25) is 0 Å². The van der Waals surface area contributed by atoms with E-state index in [1.807, 2.05) is 11.5 Å². The van der Waals surface area contributed by atoms with Gasteiger partial charge in [-0.05, 0) is 13.3 Å². The van der Waals surface area contributed by atoms with Gasteiger partial charge < -0.3 is 15.2 Å². The zero-order valence-electron chi connectivity index (χ0n) is 11.2. The molecule has 1 rings (SSSR count). The van der Waals surface area contributed by atoms with E-state index in [-0.39, 0.29) is 5.91 Å². The van der Waals surface area contributed by atoms with Crippen LogP contribution >= 0.6 is 11.8 Å². The molecule has 7 heteroatoms. The van der Waals surface area contributed by atoms with Gasteiger partial charge in [0.25, 0.3) is 0 Å². The van der Waals surface area contributed by atoms with Gasteiger partial charge in [-0.3, -0.25) is 4.79 Å². The predicted molar refractivity (Wildman–Crippen MR) is 72.5 cm³/mol.